The van der Waals surface area contributed by atoms with Crippen LogP contribution < -0.4 is 5.73 Å². The molecule has 2 heteroatoms. The van der Waals surface area contributed by atoms with Crippen LogP contribution in [0.25, 0.3) is 0 Å². The number of nitrogens with two attached hydrogens (primary N) is 1. The van der Waals surface area contributed by atoms with Gasteiger partial charge in [0.25, 0.3) is 0 Å². The highest BCUT2D eigenvalue weighted by Crippen LogP contribution is 2.11. The average molecular weight is 303 g/mol. The first kappa shape index (κ1) is 18.8. The summed E-state index contributed by atoms with van der Waals surface area (Å²) in [6, 6.07) is 8.28. The minimum absolute atomic E-state index is 0.882. The normalized spacial score (nSPS) is 11.0. The number of benzene rings is 1. The Hall–Kier alpha value is -1.28. The molecule has 124 valence electrons. The van der Waals surface area contributed by atoms with Gasteiger partial charge in [0.1, 0.15) is 0 Å². The molecular weight excluding hydrogens is 268 g/mol. The van der Waals surface area contributed by atoms with Gasteiger partial charge >= 0.3 is 0 Å². The lowest BCUT2D eigenvalue weighted by atomic mass is 10.1. The zero-order valence-electron chi connectivity index (χ0n) is 14.4. The number of allylic oxidation sites excluding steroid dienone is 1. The molecular formula is C20H34N2. The Bertz CT molecular complexity index is 400. The van der Waals surface area contributed by atoms with E-state index >= 15 is 0 Å². The second-order valence-corrected chi connectivity index (χ2v) is 6.35. The molecule has 0 aliphatic rings. The molecule has 2 N–H and O–H groups in total. The third kappa shape index (κ3) is 9.62. The van der Waals surface area contributed by atoms with Gasteiger partial charge in [-0.05, 0) is 76.4 Å². The smallest absolute Gasteiger partial charge is 0.0316 e. The fourth-order valence-electron chi connectivity index (χ4n) is 2.77. The average Bonchev–Trinajstić information content (AvgIpc) is 2.50. The number of rotatable bonds is 13. The van der Waals surface area contributed by atoms with Crippen LogP contribution >= 0.6 is 0 Å². The van der Waals surface area contributed by atoms with Crippen molar-refractivity contribution in [3.8, 4) is 0 Å². The second kappa shape index (κ2) is 12.3. The van der Waals surface area contributed by atoms with Crippen LogP contribution in [0.2, 0.25) is 0 Å². The van der Waals surface area contributed by atoms with Crippen LogP contribution in [0.4, 0.5) is 5.69 Å². The van der Waals surface area contributed by atoms with Crippen LogP contribution in [0, 0.1) is 0 Å². The standard InChI is InChI=1S/C20H34N2/c1-3-4-5-7-10-16-22(2)17-11-8-6-9-13-19-14-12-15-20(21)18-19/h3,12,14-15,18H,1,4-11,13,16-17,21H2,2H3. The van der Waals surface area contributed by atoms with Gasteiger partial charge in [-0.15, -0.1) is 6.58 Å². The van der Waals surface area contributed by atoms with Crippen LogP contribution in [0.5, 0.6) is 0 Å². The highest BCUT2D eigenvalue weighted by molar-refractivity contribution is 5.40. The summed E-state index contributed by atoms with van der Waals surface area (Å²) in [7, 11) is 2.25. The molecule has 1 rings (SSSR count). The monoisotopic (exact) mass is 302 g/mol. The minimum Gasteiger partial charge on any atom is -0.399 e. The Morgan fingerprint density at radius 2 is 1.68 bits per heavy atom. The zero-order chi connectivity index (χ0) is 16.0. The van der Waals surface area contributed by atoms with Crippen molar-refractivity contribution in [1.29, 1.82) is 0 Å². The Morgan fingerprint density at radius 3 is 2.36 bits per heavy atom. The molecule has 0 fully saturated rings. The van der Waals surface area contributed by atoms with Crippen molar-refractivity contribution in [2.75, 3.05) is 25.9 Å². The summed E-state index contributed by atoms with van der Waals surface area (Å²) >= 11 is 0. The number of hydrogen-bond donors (Lipinski definition) is 1. The number of nitrogen functional groups attached to an aromatic ring is 1. The molecule has 0 spiro atoms. The van der Waals surface area contributed by atoms with E-state index < -0.39 is 0 Å². The first-order valence-corrected chi connectivity index (χ1v) is 8.86. The zero-order valence-corrected chi connectivity index (χ0v) is 14.4. The quantitative estimate of drug-likeness (QED) is 0.314. The van der Waals surface area contributed by atoms with E-state index in [0.29, 0.717) is 0 Å². The predicted molar refractivity (Wildman–Crippen MR) is 99.2 cm³/mol. The lowest BCUT2D eigenvalue weighted by molar-refractivity contribution is 0.315. The van der Waals surface area contributed by atoms with Gasteiger partial charge in [0, 0.05) is 5.69 Å². The summed E-state index contributed by atoms with van der Waals surface area (Å²) in [6.45, 7) is 6.24. The number of nitrogens with zero attached hydrogens (tertiary/aromatic N) is 1. The highest BCUT2D eigenvalue weighted by Gasteiger charge is 1.99. The number of anilines is 1. The van der Waals surface area contributed by atoms with Crippen molar-refractivity contribution in [3.63, 3.8) is 0 Å². The van der Waals surface area contributed by atoms with Gasteiger partial charge in [0.15, 0.2) is 0 Å². The van der Waals surface area contributed by atoms with Crippen molar-refractivity contribution in [1.82, 2.24) is 4.90 Å². The fraction of sp³-hybridized carbons (Fsp3) is 0.600. The summed E-state index contributed by atoms with van der Waals surface area (Å²) in [5.41, 5.74) is 8.05. The van der Waals surface area contributed by atoms with E-state index in [1.54, 1.807) is 0 Å². The molecule has 0 aromatic heterocycles. The third-order valence-electron chi connectivity index (χ3n) is 4.15. The van der Waals surface area contributed by atoms with E-state index in [4.69, 9.17) is 5.73 Å². The predicted octanol–water partition coefficient (Wildman–Crippen LogP) is 5.05. The van der Waals surface area contributed by atoms with E-state index in [2.05, 4.69) is 36.7 Å². The Morgan fingerprint density at radius 1 is 1.00 bits per heavy atom. The first-order valence-electron chi connectivity index (χ1n) is 8.86. The molecule has 22 heavy (non-hydrogen) atoms. The minimum atomic E-state index is 0.882. The topological polar surface area (TPSA) is 29.3 Å². The van der Waals surface area contributed by atoms with E-state index in [-0.39, 0.29) is 0 Å². The van der Waals surface area contributed by atoms with Crippen LogP contribution in [0.15, 0.2) is 36.9 Å². The molecule has 0 saturated heterocycles. The molecule has 0 saturated carbocycles. The summed E-state index contributed by atoms with van der Waals surface area (Å²) in [5, 5.41) is 0. The molecule has 0 bridgehead atoms. The molecule has 0 amide bonds. The van der Waals surface area contributed by atoms with Crippen LogP contribution in [-0.4, -0.2) is 25.0 Å². The molecule has 1 aromatic carbocycles. The molecule has 0 aliphatic carbocycles. The third-order valence-corrected chi connectivity index (χ3v) is 4.15. The van der Waals surface area contributed by atoms with Crippen molar-refractivity contribution >= 4 is 5.69 Å². The van der Waals surface area contributed by atoms with Gasteiger partial charge in [-0.1, -0.05) is 37.5 Å². The summed E-state index contributed by atoms with van der Waals surface area (Å²) in [5.74, 6) is 0. The number of aryl methyl sites for hydroxylation is 1. The van der Waals surface area contributed by atoms with Crippen LogP contribution in [0.3, 0.4) is 0 Å². The lowest BCUT2D eigenvalue weighted by Gasteiger charge is -2.16. The largest absolute Gasteiger partial charge is 0.399 e. The number of unbranched alkanes of at least 4 members (excludes halogenated alkanes) is 6. The lowest BCUT2D eigenvalue weighted by Crippen LogP contribution is -2.20. The highest BCUT2D eigenvalue weighted by atomic mass is 15.1. The second-order valence-electron chi connectivity index (χ2n) is 6.35. The first-order chi connectivity index (χ1) is 10.7. The summed E-state index contributed by atoms with van der Waals surface area (Å²) < 4.78 is 0. The number of hydrogen-bond acceptors (Lipinski definition) is 2. The van der Waals surface area contributed by atoms with E-state index in [9.17, 15) is 0 Å². The Labute approximate surface area is 137 Å². The van der Waals surface area contributed by atoms with Crippen molar-refractivity contribution in [2.24, 2.45) is 0 Å². The molecule has 1 aromatic rings. The molecule has 0 radical (unpaired) electrons. The van der Waals surface area contributed by atoms with E-state index in [1.807, 2.05) is 12.1 Å². The molecule has 0 atom stereocenters. The van der Waals surface area contributed by atoms with Gasteiger partial charge in [0.2, 0.25) is 0 Å². The summed E-state index contributed by atoms with van der Waals surface area (Å²) in [6.07, 6.45) is 13.5. The van der Waals surface area contributed by atoms with Crippen LogP contribution in [-0.2, 0) is 6.42 Å². The van der Waals surface area contributed by atoms with Gasteiger partial charge in [-0.25, -0.2) is 0 Å². The van der Waals surface area contributed by atoms with Gasteiger partial charge in [-0.2, -0.15) is 0 Å². The maximum atomic E-state index is 5.80. The Balaban J connectivity index is 1.93. The molecule has 0 heterocycles. The fourth-order valence-corrected chi connectivity index (χ4v) is 2.77. The van der Waals surface area contributed by atoms with E-state index in [1.165, 1.54) is 63.6 Å². The SMILES string of the molecule is C=CCCCCCN(C)CCCCCCc1cccc(N)c1. The Kier molecular flexibility index (Phi) is 10.5. The van der Waals surface area contributed by atoms with Gasteiger partial charge in [-0.3, -0.25) is 0 Å². The van der Waals surface area contributed by atoms with Gasteiger partial charge < -0.3 is 10.6 Å². The van der Waals surface area contributed by atoms with Gasteiger partial charge in [0.05, 0.1) is 0 Å². The van der Waals surface area contributed by atoms with E-state index in [0.717, 1.165) is 18.5 Å². The van der Waals surface area contributed by atoms with Crippen molar-refractivity contribution in [2.45, 2.75) is 57.8 Å². The van der Waals surface area contributed by atoms with Crippen molar-refractivity contribution < 1.29 is 0 Å². The molecule has 0 unspecified atom stereocenters. The maximum Gasteiger partial charge on any atom is 0.0316 e. The van der Waals surface area contributed by atoms with Crippen molar-refractivity contribution in [3.05, 3.63) is 42.5 Å². The maximum absolute atomic E-state index is 5.80. The molecule has 0 aliphatic heterocycles. The van der Waals surface area contributed by atoms with Crippen LogP contribution in [0.1, 0.15) is 56.9 Å². The molecule has 2 nitrogen and oxygen atoms in total. The summed E-state index contributed by atoms with van der Waals surface area (Å²) in [4.78, 5) is 2.48.